The molecule has 0 saturated carbocycles. The highest BCUT2D eigenvalue weighted by atomic mass is 16.2. The summed E-state index contributed by atoms with van der Waals surface area (Å²) >= 11 is 0. The molecule has 1 atom stereocenters. The fourth-order valence-corrected chi connectivity index (χ4v) is 2.79. The van der Waals surface area contributed by atoms with Crippen LogP contribution in [-0.4, -0.2) is 18.2 Å². The smallest absolute Gasteiger partial charge is 0.237 e. The van der Waals surface area contributed by atoms with Gasteiger partial charge < -0.3 is 4.90 Å². The molecule has 0 N–H and O–H groups in total. The van der Waals surface area contributed by atoms with E-state index in [0.717, 1.165) is 12.1 Å². The number of hydrogen-bond acceptors (Lipinski definition) is 2. The third kappa shape index (κ3) is 2.72. The highest BCUT2D eigenvalue weighted by molar-refractivity contribution is 6.14. The minimum absolute atomic E-state index is 0.0683. The second-order valence-electron chi connectivity index (χ2n) is 5.25. The lowest BCUT2D eigenvalue weighted by molar-refractivity contribution is -0.122. The first-order chi connectivity index (χ1) is 10.3. The van der Waals surface area contributed by atoms with Gasteiger partial charge in [-0.05, 0) is 25.0 Å². The molecular formula is C18H17NO2. The molecule has 1 heterocycles. The summed E-state index contributed by atoms with van der Waals surface area (Å²) in [6, 6.07) is 18.6. The first-order valence-corrected chi connectivity index (χ1v) is 7.23. The zero-order chi connectivity index (χ0) is 14.7. The van der Waals surface area contributed by atoms with Crippen LogP contribution in [0.2, 0.25) is 0 Å². The normalized spacial score (nSPS) is 18.6. The van der Waals surface area contributed by atoms with Crippen LogP contribution in [0.15, 0.2) is 60.7 Å². The summed E-state index contributed by atoms with van der Waals surface area (Å²) in [6.45, 7) is 0.682. The number of Topliss-reactive ketones (excluding diaryl/α,β-unsaturated/α-hetero) is 1. The summed E-state index contributed by atoms with van der Waals surface area (Å²) < 4.78 is 0. The van der Waals surface area contributed by atoms with Gasteiger partial charge in [0.25, 0.3) is 0 Å². The van der Waals surface area contributed by atoms with Gasteiger partial charge in [-0.25, -0.2) is 0 Å². The Balaban J connectivity index is 1.84. The number of piperidine rings is 1. The Hall–Kier alpha value is -2.42. The standard InChI is InChI=1S/C18H17NO2/c20-17(14-8-3-1-4-9-14)16-12-7-13-19(18(16)21)15-10-5-2-6-11-15/h1-6,8-11,16H,7,12-13H2. The quantitative estimate of drug-likeness (QED) is 0.638. The molecule has 0 radical (unpaired) electrons. The topological polar surface area (TPSA) is 37.4 Å². The lowest BCUT2D eigenvalue weighted by Gasteiger charge is -2.31. The van der Waals surface area contributed by atoms with E-state index in [9.17, 15) is 9.59 Å². The van der Waals surface area contributed by atoms with Crippen molar-refractivity contribution in [2.24, 2.45) is 5.92 Å². The number of carbonyl (C=O) groups excluding carboxylic acids is 2. The first kappa shape index (κ1) is 13.6. The van der Waals surface area contributed by atoms with Crippen LogP contribution < -0.4 is 4.90 Å². The molecule has 1 saturated heterocycles. The van der Waals surface area contributed by atoms with Crippen molar-refractivity contribution in [2.45, 2.75) is 12.8 Å². The van der Waals surface area contributed by atoms with Gasteiger partial charge in [0.05, 0.1) is 0 Å². The average Bonchev–Trinajstić information content (AvgIpc) is 2.56. The molecule has 3 heteroatoms. The van der Waals surface area contributed by atoms with E-state index in [1.165, 1.54) is 0 Å². The minimum atomic E-state index is -0.554. The van der Waals surface area contributed by atoms with E-state index in [0.29, 0.717) is 18.5 Å². The molecular weight excluding hydrogens is 262 g/mol. The number of anilines is 1. The number of amides is 1. The van der Waals surface area contributed by atoms with Gasteiger partial charge in [0.2, 0.25) is 5.91 Å². The second-order valence-corrected chi connectivity index (χ2v) is 5.25. The maximum Gasteiger partial charge on any atom is 0.237 e. The Morgan fingerprint density at radius 1 is 0.952 bits per heavy atom. The van der Waals surface area contributed by atoms with Crippen molar-refractivity contribution in [3.8, 4) is 0 Å². The van der Waals surface area contributed by atoms with Gasteiger partial charge in [0, 0.05) is 17.8 Å². The van der Waals surface area contributed by atoms with Crippen molar-refractivity contribution in [2.75, 3.05) is 11.4 Å². The summed E-state index contributed by atoms with van der Waals surface area (Å²) in [7, 11) is 0. The van der Waals surface area contributed by atoms with Gasteiger partial charge in [-0.3, -0.25) is 9.59 Å². The molecule has 0 spiro atoms. The van der Waals surface area contributed by atoms with Crippen LogP contribution in [0.1, 0.15) is 23.2 Å². The molecule has 0 aromatic heterocycles. The summed E-state index contributed by atoms with van der Waals surface area (Å²) in [4.78, 5) is 26.9. The van der Waals surface area contributed by atoms with Crippen LogP contribution in [0.3, 0.4) is 0 Å². The summed E-state index contributed by atoms with van der Waals surface area (Å²) in [5, 5.41) is 0. The maximum atomic E-state index is 12.6. The van der Waals surface area contributed by atoms with Crippen LogP contribution in [0.4, 0.5) is 5.69 Å². The Kier molecular flexibility index (Phi) is 3.82. The molecule has 2 aromatic rings. The average molecular weight is 279 g/mol. The number of nitrogens with zero attached hydrogens (tertiary/aromatic N) is 1. The van der Waals surface area contributed by atoms with Crippen LogP contribution in [0.5, 0.6) is 0 Å². The van der Waals surface area contributed by atoms with Crippen molar-refractivity contribution < 1.29 is 9.59 Å². The summed E-state index contributed by atoms with van der Waals surface area (Å²) in [5.74, 6) is -0.705. The van der Waals surface area contributed by atoms with Crippen molar-refractivity contribution in [1.82, 2.24) is 0 Å². The number of para-hydroxylation sites is 1. The van der Waals surface area contributed by atoms with Crippen LogP contribution in [0.25, 0.3) is 0 Å². The Labute approximate surface area is 124 Å². The van der Waals surface area contributed by atoms with Crippen molar-refractivity contribution in [1.29, 1.82) is 0 Å². The third-order valence-corrected chi connectivity index (χ3v) is 3.88. The third-order valence-electron chi connectivity index (χ3n) is 3.88. The van der Waals surface area contributed by atoms with E-state index < -0.39 is 5.92 Å². The molecule has 1 fully saturated rings. The molecule has 1 unspecified atom stereocenters. The molecule has 2 aromatic carbocycles. The number of carbonyl (C=O) groups is 2. The lowest BCUT2D eigenvalue weighted by atomic mass is 9.89. The number of ketones is 1. The largest absolute Gasteiger partial charge is 0.312 e. The predicted molar refractivity (Wildman–Crippen MR) is 82.3 cm³/mol. The highest BCUT2D eigenvalue weighted by Gasteiger charge is 2.34. The fraction of sp³-hybridized carbons (Fsp3) is 0.222. The fourth-order valence-electron chi connectivity index (χ4n) is 2.79. The van der Waals surface area contributed by atoms with Gasteiger partial charge >= 0.3 is 0 Å². The van der Waals surface area contributed by atoms with E-state index in [4.69, 9.17) is 0 Å². The minimum Gasteiger partial charge on any atom is -0.312 e. The van der Waals surface area contributed by atoms with Crippen molar-refractivity contribution in [3.05, 3.63) is 66.2 Å². The van der Waals surface area contributed by atoms with Crippen LogP contribution in [-0.2, 0) is 4.79 Å². The van der Waals surface area contributed by atoms with Gasteiger partial charge in [-0.15, -0.1) is 0 Å². The van der Waals surface area contributed by atoms with Crippen LogP contribution >= 0.6 is 0 Å². The van der Waals surface area contributed by atoms with Crippen LogP contribution in [0, 0.1) is 5.92 Å². The molecule has 0 bridgehead atoms. The molecule has 1 aliphatic rings. The molecule has 1 aliphatic heterocycles. The van der Waals surface area contributed by atoms with Gasteiger partial charge in [-0.2, -0.15) is 0 Å². The Morgan fingerprint density at radius 3 is 2.24 bits per heavy atom. The highest BCUT2D eigenvalue weighted by Crippen LogP contribution is 2.26. The molecule has 0 aliphatic carbocycles. The first-order valence-electron chi connectivity index (χ1n) is 7.23. The molecule has 106 valence electrons. The molecule has 1 amide bonds. The molecule has 3 nitrogen and oxygen atoms in total. The number of rotatable bonds is 3. The number of benzene rings is 2. The Morgan fingerprint density at radius 2 is 1.57 bits per heavy atom. The molecule has 3 rings (SSSR count). The van der Waals surface area contributed by atoms with E-state index >= 15 is 0 Å². The second kappa shape index (κ2) is 5.92. The number of hydrogen-bond donors (Lipinski definition) is 0. The monoisotopic (exact) mass is 279 g/mol. The van der Waals surface area contributed by atoms with E-state index in [1.54, 1.807) is 17.0 Å². The van der Waals surface area contributed by atoms with Crippen molar-refractivity contribution >= 4 is 17.4 Å². The van der Waals surface area contributed by atoms with E-state index in [2.05, 4.69) is 0 Å². The summed E-state index contributed by atoms with van der Waals surface area (Å²) in [5.41, 5.74) is 1.49. The van der Waals surface area contributed by atoms with Gasteiger partial charge in [0.15, 0.2) is 5.78 Å². The SMILES string of the molecule is O=C(c1ccccc1)C1CCCN(c2ccccc2)C1=O. The lowest BCUT2D eigenvalue weighted by Crippen LogP contribution is -2.44. The Bertz CT molecular complexity index is 637. The van der Waals surface area contributed by atoms with Gasteiger partial charge in [-0.1, -0.05) is 48.5 Å². The van der Waals surface area contributed by atoms with Gasteiger partial charge in [0.1, 0.15) is 5.92 Å². The zero-order valence-electron chi connectivity index (χ0n) is 11.7. The van der Waals surface area contributed by atoms with Crippen molar-refractivity contribution in [3.63, 3.8) is 0 Å². The predicted octanol–water partition coefficient (Wildman–Crippen LogP) is 3.31. The zero-order valence-corrected chi connectivity index (χ0v) is 11.7. The molecule has 21 heavy (non-hydrogen) atoms. The van der Waals surface area contributed by atoms with E-state index in [1.807, 2.05) is 48.5 Å². The van der Waals surface area contributed by atoms with E-state index in [-0.39, 0.29) is 11.7 Å². The summed E-state index contributed by atoms with van der Waals surface area (Å²) in [6.07, 6.45) is 1.49. The maximum absolute atomic E-state index is 12.6.